The molecule has 0 N–H and O–H groups in total. The van der Waals surface area contributed by atoms with Gasteiger partial charge >= 0.3 is 0 Å². The van der Waals surface area contributed by atoms with Gasteiger partial charge in [-0.3, -0.25) is 4.79 Å². The molecule has 0 spiro atoms. The van der Waals surface area contributed by atoms with Crippen molar-refractivity contribution >= 4 is 23.4 Å². The summed E-state index contributed by atoms with van der Waals surface area (Å²) >= 11 is 1.63. The summed E-state index contributed by atoms with van der Waals surface area (Å²) in [5, 5.41) is 2.10. The van der Waals surface area contributed by atoms with Crippen LogP contribution in [0.3, 0.4) is 0 Å². The van der Waals surface area contributed by atoms with Crippen LogP contribution in [-0.2, 0) is 4.79 Å². The molecule has 1 aromatic rings. The lowest BCUT2D eigenvalue weighted by Gasteiger charge is -2.33. The van der Waals surface area contributed by atoms with Gasteiger partial charge in [0.1, 0.15) is 0 Å². The van der Waals surface area contributed by atoms with Gasteiger partial charge in [-0.2, -0.15) is 0 Å². The highest BCUT2D eigenvalue weighted by Gasteiger charge is 2.39. The lowest BCUT2D eigenvalue weighted by Crippen LogP contribution is -2.41. The number of fused-ring (bicyclic) bond motifs is 3. The van der Waals surface area contributed by atoms with Gasteiger partial charge in [-0.1, -0.05) is 24.3 Å². The van der Waals surface area contributed by atoms with Crippen LogP contribution in [0.1, 0.15) is 11.5 Å². The number of nitrogens with zero attached hydrogens (tertiary/aromatic N) is 1. The van der Waals surface area contributed by atoms with Gasteiger partial charge in [0.25, 0.3) is 0 Å². The Morgan fingerprint density at radius 2 is 2.13 bits per heavy atom. The smallest absolute Gasteiger partial charge is 0.241 e. The van der Waals surface area contributed by atoms with Gasteiger partial charge in [0, 0.05) is 18.7 Å². The summed E-state index contributed by atoms with van der Waals surface area (Å²) in [7, 11) is 1.86. The molecule has 0 aliphatic carbocycles. The second-order valence-electron chi connectivity index (χ2n) is 3.87. The standard InChI is InChI=1S/C12H11NOS/c1-13-10-5-3-2-4-8(10)9-6-7-15-11(9)12(13)14/h2-7,9,11H,1H3/t9-,11+/m0/s1. The SMILES string of the molecule is CN1C(=O)[C@@H]2SC=C[C@H]2c2ccccc21. The highest BCUT2D eigenvalue weighted by Crippen LogP contribution is 2.45. The van der Waals surface area contributed by atoms with Crippen LogP contribution in [0.2, 0.25) is 0 Å². The zero-order valence-corrected chi connectivity index (χ0v) is 9.20. The number of carbonyl (C=O) groups excluding carboxylic acids is 1. The first-order chi connectivity index (χ1) is 7.29. The van der Waals surface area contributed by atoms with E-state index in [-0.39, 0.29) is 17.1 Å². The van der Waals surface area contributed by atoms with Crippen molar-refractivity contribution in [2.45, 2.75) is 11.2 Å². The van der Waals surface area contributed by atoms with E-state index in [1.165, 1.54) is 5.56 Å². The van der Waals surface area contributed by atoms with Crippen LogP contribution in [0.15, 0.2) is 35.7 Å². The summed E-state index contributed by atoms with van der Waals surface area (Å²) in [6, 6.07) is 8.15. The fraction of sp³-hybridized carbons (Fsp3) is 0.250. The third-order valence-corrected chi connectivity index (χ3v) is 4.17. The third kappa shape index (κ3) is 1.16. The lowest BCUT2D eigenvalue weighted by molar-refractivity contribution is -0.118. The molecule has 0 unspecified atom stereocenters. The van der Waals surface area contributed by atoms with E-state index in [2.05, 4.69) is 12.1 Å². The van der Waals surface area contributed by atoms with Crippen molar-refractivity contribution in [1.29, 1.82) is 0 Å². The second-order valence-corrected chi connectivity index (χ2v) is 4.92. The molecule has 0 saturated heterocycles. The van der Waals surface area contributed by atoms with Gasteiger partial charge < -0.3 is 4.90 Å². The number of thioether (sulfide) groups is 1. The Hall–Kier alpha value is -1.22. The number of para-hydroxylation sites is 1. The Labute approximate surface area is 93.0 Å². The van der Waals surface area contributed by atoms with E-state index in [0.29, 0.717) is 0 Å². The molecule has 3 heteroatoms. The zero-order valence-electron chi connectivity index (χ0n) is 8.38. The fourth-order valence-corrected chi connectivity index (χ4v) is 3.37. The van der Waals surface area contributed by atoms with Crippen molar-refractivity contribution in [1.82, 2.24) is 0 Å². The summed E-state index contributed by atoms with van der Waals surface area (Å²) in [4.78, 5) is 13.8. The van der Waals surface area contributed by atoms with E-state index in [9.17, 15) is 4.79 Å². The van der Waals surface area contributed by atoms with Gasteiger partial charge in [-0.15, -0.1) is 11.8 Å². The van der Waals surface area contributed by atoms with Crippen molar-refractivity contribution < 1.29 is 4.79 Å². The van der Waals surface area contributed by atoms with E-state index >= 15 is 0 Å². The van der Waals surface area contributed by atoms with E-state index in [0.717, 1.165) is 5.69 Å². The maximum atomic E-state index is 12.0. The summed E-state index contributed by atoms with van der Waals surface area (Å²) in [6.07, 6.45) is 2.14. The first-order valence-corrected chi connectivity index (χ1v) is 5.92. The van der Waals surface area contributed by atoms with E-state index in [4.69, 9.17) is 0 Å². The minimum absolute atomic E-state index is 0.0601. The summed E-state index contributed by atoms with van der Waals surface area (Å²) in [5.74, 6) is 0.489. The van der Waals surface area contributed by atoms with Crippen LogP contribution in [0.4, 0.5) is 5.69 Å². The second kappa shape index (κ2) is 3.14. The number of hydrogen-bond acceptors (Lipinski definition) is 2. The molecule has 2 aliphatic rings. The minimum atomic E-state index is 0.0601. The number of carbonyl (C=O) groups is 1. The minimum Gasteiger partial charge on any atom is -0.314 e. The number of hydrogen-bond donors (Lipinski definition) is 0. The predicted molar refractivity (Wildman–Crippen MR) is 63.1 cm³/mol. The molecule has 15 heavy (non-hydrogen) atoms. The monoisotopic (exact) mass is 217 g/mol. The van der Waals surface area contributed by atoms with Crippen LogP contribution in [0.25, 0.3) is 0 Å². The summed E-state index contributed by atoms with van der Waals surface area (Å²) in [6.45, 7) is 0. The van der Waals surface area contributed by atoms with Crippen LogP contribution in [-0.4, -0.2) is 18.2 Å². The Kier molecular flexibility index (Phi) is 1.89. The fourth-order valence-electron chi connectivity index (χ4n) is 2.26. The van der Waals surface area contributed by atoms with Crippen molar-refractivity contribution in [2.24, 2.45) is 0 Å². The molecule has 0 radical (unpaired) electrons. The molecular weight excluding hydrogens is 206 g/mol. The molecule has 2 nitrogen and oxygen atoms in total. The highest BCUT2D eigenvalue weighted by molar-refractivity contribution is 8.03. The first-order valence-electron chi connectivity index (χ1n) is 4.97. The van der Waals surface area contributed by atoms with Gasteiger partial charge in [-0.05, 0) is 17.0 Å². The molecule has 0 fully saturated rings. The molecule has 1 aromatic carbocycles. The van der Waals surface area contributed by atoms with Crippen LogP contribution < -0.4 is 4.90 Å². The molecule has 0 bridgehead atoms. The molecule has 1 amide bonds. The first kappa shape index (κ1) is 9.04. The number of allylic oxidation sites excluding steroid dienone is 1. The molecule has 76 valence electrons. The number of anilines is 1. The maximum Gasteiger partial charge on any atom is 0.241 e. The largest absolute Gasteiger partial charge is 0.314 e. The van der Waals surface area contributed by atoms with Crippen LogP contribution in [0, 0.1) is 0 Å². The molecular formula is C12H11NOS. The molecule has 0 saturated carbocycles. The Balaban J connectivity index is 2.19. The summed E-state index contributed by atoms with van der Waals surface area (Å²) < 4.78 is 0. The number of benzene rings is 1. The van der Waals surface area contributed by atoms with Crippen LogP contribution in [0.5, 0.6) is 0 Å². The molecule has 3 rings (SSSR count). The van der Waals surface area contributed by atoms with E-state index in [1.807, 2.05) is 30.7 Å². The average Bonchev–Trinajstić information content (AvgIpc) is 2.75. The van der Waals surface area contributed by atoms with Gasteiger partial charge in [0.05, 0.1) is 5.25 Å². The van der Waals surface area contributed by atoms with Crippen molar-refractivity contribution in [3.63, 3.8) is 0 Å². The summed E-state index contributed by atoms with van der Waals surface area (Å²) in [5.41, 5.74) is 2.32. The van der Waals surface area contributed by atoms with Gasteiger partial charge in [0.2, 0.25) is 5.91 Å². The molecule has 2 aliphatic heterocycles. The number of amides is 1. The van der Waals surface area contributed by atoms with E-state index in [1.54, 1.807) is 16.7 Å². The normalized spacial score (nSPS) is 27.8. The van der Waals surface area contributed by atoms with Crippen molar-refractivity contribution in [3.05, 3.63) is 41.3 Å². The maximum absolute atomic E-state index is 12.0. The zero-order chi connectivity index (χ0) is 10.4. The molecule has 2 heterocycles. The molecule has 2 atom stereocenters. The average molecular weight is 217 g/mol. The quantitative estimate of drug-likeness (QED) is 0.665. The Morgan fingerprint density at radius 1 is 1.33 bits per heavy atom. The van der Waals surface area contributed by atoms with Crippen molar-refractivity contribution in [3.8, 4) is 0 Å². The topological polar surface area (TPSA) is 20.3 Å². The third-order valence-electron chi connectivity index (χ3n) is 3.07. The van der Waals surface area contributed by atoms with Gasteiger partial charge in [-0.25, -0.2) is 0 Å². The lowest BCUT2D eigenvalue weighted by atomic mass is 9.89. The van der Waals surface area contributed by atoms with Crippen LogP contribution >= 0.6 is 11.8 Å². The highest BCUT2D eigenvalue weighted by atomic mass is 32.2. The van der Waals surface area contributed by atoms with Gasteiger partial charge in [0.15, 0.2) is 0 Å². The molecule has 0 aromatic heterocycles. The number of rotatable bonds is 0. The van der Waals surface area contributed by atoms with Crippen molar-refractivity contribution in [2.75, 3.05) is 11.9 Å². The van der Waals surface area contributed by atoms with E-state index < -0.39 is 0 Å². The predicted octanol–water partition coefficient (Wildman–Crippen LogP) is 2.38. The Morgan fingerprint density at radius 3 is 3.00 bits per heavy atom. The Bertz CT molecular complexity index is 455.